The fraction of sp³-hybridized carbons (Fsp3) is 0.625. The van der Waals surface area contributed by atoms with Gasteiger partial charge in [-0.3, -0.25) is 0 Å². The maximum Gasteiger partial charge on any atom is 0.254 e. The highest BCUT2D eigenvalue weighted by atomic mass is 35.7. The third kappa shape index (κ3) is 6.74. The van der Waals surface area contributed by atoms with Gasteiger partial charge in [0.15, 0.2) is 0 Å². The van der Waals surface area contributed by atoms with E-state index in [1.807, 2.05) is 12.6 Å². The van der Waals surface area contributed by atoms with Crippen molar-refractivity contribution < 1.29 is 0 Å². The number of benzene rings is 1. The maximum atomic E-state index is 6.88. The monoisotopic (exact) mass is 414 g/mol. The van der Waals surface area contributed by atoms with Crippen LogP contribution in [0.4, 0.5) is 0 Å². The molecule has 2 atom stereocenters. The van der Waals surface area contributed by atoms with Crippen LogP contribution in [0.25, 0.3) is 0 Å². The highest BCUT2D eigenvalue weighted by Crippen LogP contribution is 2.49. The van der Waals surface area contributed by atoms with Crippen molar-refractivity contribution in [1.29, 1.82) is 0 Å². The molecule has 0 fully saturated rings. The molecule has 1 aromatic carbocycles. The van der Waals surface area contributed by atoms with Crippen molar-refractivity contribution in [3.05, 3.63) is 35.9 Å². The van der Waals surface area contributed by atoms with Crippen LogP contribution in [0.3, 0.4) is 0 Å². The van der Waals surface area contributed by atoms with Crippen LogP contribution in [0.2, 0.25) is 17.8 Å². The van der Waals surface area contributed by atoms with Gasteiger partial charge >= 0.3 is 0 Å². The van der Waals surface area contributed by atoms with Gasteiger partial charge < -0.3 is 0 Å². The van der Waals surface area contributed by atoms with E-state index in [0.29, 0.717) is 5.92 Å². The van der Waals surface area contributed by atoms with Gasteiger partial charge in [0.2, 0.25) is 0 Å². The first-order valence-corrected chi connectivity index (χ1v) is 16.9. The largest absolute Gasteiger partial charge is 0.254 e. The summed E-state index contributed by atoms with van der Waals surface area (Å²) in [5.74, 6) is 0.334. The van der Waals surface area contributed by atoms with Crippen molar-refractivity contribution in [1.82, 2.24) is 0 Å². The number of rotatable bonds is 9. The molecule has 0 saturated heterocycles. The molecule has 1 aromatic rings. The molecule has 0 spiro atoms. The van der Waals surface area contributed by atoms with E-state index in [9.17, 15) is 0 Å². The predicted molar refractivity (Wildman–Crippen MR) is 108 cm³/mol. The Kier molecular flexibility index (Phi) is 8.85. The molecule has 0 nitrogen and oxygen atoms in total. The van der Waals surface area contributed by atoms with Gasteiger partial charge in [0.25, 0.3) is 13.4 Å². The van der Waals surface area contributed by atoms with E-state index in [0.717, 1.165) is 18.9 Å². The first-order valence-electron chi connectivity index (χ1n) is 7.99. The minimum absolute atomic E-state index is 0.115. The first-order chi connectivity index (χ1) is 10.2. The second kappa shape index (κ2) is 9.34. The highest BCUT2D eigenvalue weighted by molar-refractivity contribution is 7.57. The molecule has 126 valence electrons. The Morgan fingerprint density at radius 1 is 1.00 bits per heavy atom. The molecule has 0 aromatic heterocycles. The van der Waals surface area contributed by atoms with Crippen molar-refractivity contribution in [3.63, 3.8) is 0 Å². The number of halogens is 4. The molecular weight excluding hydrogens is 390 g/mol. The molecule has 0 amide bonds. The lowest BCUT2D eigenvalue weighted by Crippen LogP contribution is -2.40. The van der Waals surface area contributed by atoms with Crippen LogP contribution in [0.1, 0.15) is 51.0 Å². The Balaban J connectivity index is 2.82. The Hall–Kier alpha value is 0.814. The average molecular weight is 416 g/mol. The first kappa shape index (κ1) is 20.9. The molecule has 0 N–H and O–H groups in total. The minimum atomic E-state index is -2.52. The summed E-state index contributed by atoms with van der Waals surface area (Å²) < 4.78 is 0. The van der Waals surface area contributed by atoms with Crippen molar-refractivity contribution in [2.45, 2.75) is 63.2 Å². The van der Waals surface area contributed by atoms with Crippen molar-refractivity contribution in [2.24, 2.45) is 0 Å². The van der Waals surface area contributed by atoms with Crippen LogP contribution in [0.5, 0.6) is 0 Å². The topological polar surface area (TPSA) is 0 Å². The summed E-state index contributed by atoms with van der Waals surface area (Å²) >= 11 is 26.9. The summed E-state index contributed by atoms with van der Waals surface area (Å²) in [6.07, 6.45) is 4.43. The molecule has 0 aliphatic carbocycles. The SMILES string of the molecule is CCCCCC([Si](C)(Cl)Cl)[Si](Cl)(Cl)CC(C)c1ccccc1. The van der Waals surface area contributed by atoms with Crippen molar-refractivity contribution in [2.75, 3.05) is 0 Å². The van der Waals surface area contributed by atoms with E-state index in [1.165, 1.54) is 18.4 Å². The molecule has 0 saturated carbocycles. The van der Waals surface area contributed by atoms with Gasteiger partial charge in [-0.15, -0.1) is 44.3 Å². The lowest BCUT2D eigenvalue weighted by Gasteiger charge is -2.34. The van der Waals surface area contributed by atoms with Crippen LogP contribution in [0.15, 0.2) is 30.3 Å². The van der Waals surface area contributed by atoms with E-state index in [4.69, 9.17) is 44.3 Å². The van der Waals surface area contributed by atoms with E-state index >= 15 is 0 Å². The normalized spacial score (nSPS) is 15.6. The van der Waals surface area contributed by atoms with Gasteiger partial charge in [-0.1, -0.05) is 69.9 Å². The quantitative estimate of drug-likeness (QED) is 0.219. The molecule has 0 bridgehead atoms. The minimum Gasteiger partial charge on any atom is -0.146 e. The molecule has 0 radical (unpaired) electrons. The summed E-state index contributed by atoms with van der Waals surface area (Å²) in [6, 6.07) is 11.2. The molecule has 0 heterocycles. The smallest absolute Gasteiger partial charge is 0.146 e. The predicted octanol–water partition coefficient (Wildman–Crippen LogP) is 7.75. The molecule has 0 aliphatic rings. The molecular formula is C16H26Cl4Si2. The fourth-order valence-electron chi connectivity index (χ4n) is 2.88. The Labute approximate surface area is 156 Å². The summed E-state index contributed by atoms with van der Waals surface area (Å²) in [5, 5.41) is 0.115. The molecule has 2 unspecified atom stereocenters. The van der Waals surface area contributed by atoms with Gasteiger partial charge in [-0.25, -0.2) is 0 Å². The highest BCUT2D eigenvalue weighted by Gasteiger charge is 2.49. The van der Waals surface area contributed by atoms with Crippen molar-refractivity contribution >= 4 is 57.7 Å². The van der Waals surface area contributed by atoms with E-state index in [2.05, 4.69) is 38.1 Å². The van der Waals surface area contributed by atoms with Crippen LogP contribution < -0.4 is 0 Å². The maximum absolute atomic E-state index is 6.88. The summed E-state index contributed by atoms with van der Waals surface area (Å²) in [5.41, 5.74) is 1.28. The van der Waals surface area contributed by atoms with Gasteiger partial charge in [0.05, 0.1) is 0 Å². The van der Waals surface area contributed by atoms with Gasteiger partial charge in [0, 0.05) is 5.16 Å². The molecule has 22 heavy (non-hydrogen) atoms. The van der Waals surface area contributed by atoms with Gasteiger partial charge in [-0.05, 0) is 24.1 Å². The standard InChI is InChI=1S/C16H26Cl4Si2/c1-4-5-7-12-16(21(3,17)18)22(19,20)13-14(2)15-10-8-6-9-11-15/h6,8-11,14,16H,4-5,7,12-13H2,1-3H3. The van der Waals surface area contributed by atoms with E-state index in [1.54, 1.807) is 0 Å². The molecule has 1 rings (SSSR count). The third-order valence-corrected chi connectivity index (χ3v) is 17.6. The zero-order chi connectivity index (χ0) is 16.8. The van der Waals surface area contributed by atoms with Crippen molar-refractivity contribution in [3.8, 4) is 0 Å². The number of hydrogen-bond donors (Lipinski definition) is 0. The Morgan fingerprint density at radius 2 is 1.59 bits per heavy atom. The third-order valence-electron chi connectivity index (χ3n) is 4.16. The fourth-order valence-corrected chi connectivity index (χ4v) is 20.9. The molecule has 0 aliphatic heterocycles. The number of unbranched alkanes of at least 4 members (excludes halogenated alkanes) is 2. The number of hydrogen-bond acceptors (Lipinski definition) is 0. The zero-order valence-electron chi connectivity index (χ0n) is 13.6. The van der Waals surface area contributed by atoms with Gasteiger partial charge in [0.1, 0.15) is 0 Å². The van der Waals surface area contributed by atoms with Crippen LogP contribution in [-0.2, 0) is 0 Å². The summed E-state index contributed by atoms with van der Waals surface area (Å²) in [4.78, 5) is 0. The lowest BCUT2D eigenvalue weighted by atomic mass is 10.0. The van der Waals surface area contributed by atoms with Crippen LogP contribution in [-0.4, -0.2) is 13.4 Å². The Morgan fingerprint density at radius 3 is 2.09 bits per heavy atom. The van der Waals surface area contributed by atoms with E-state index in [-0.39, 0.29) is 5.16 Å². The average Bonchev–Trinajstić information content (AvgIpc) is 2.42. The summed E-state index contributed by atoms with van der Waals surface area (Å²) in [6.45, 7) is 1.42. The van der Waals surface area contributed by atoms with E-state index < -0.39 is 13.4 Å². The van der Waals surface area contributed by atoms with Crippen LogP contribution >= 0.6 is 44.3 Å². The van der Waals surface area contributed by atoms with Crippen LogP contribution in [0, 0.1) is 0 Å². The zero-order valence-corrected chi connectivity index (χ0v) is 18.6. The second-order valence-corrected chi connectivity index (χ2v) is 22.0. The lowest BCUT2D eigenvalue weighted by molar-refractivity contribution is 0.679. The molecule has 6 heteroatoms. The second-order valence-electron chi connectivity index (χ2n) is 6.28. The summed E-state index contributed by atoms with van der Waals surface area (Å²) in [7, 11) is 0. The van der Waals surface area contributed by atoms with Gasteiger partial charge in [-0.2, -0.15) is 0 Å². The Bertz CT molecular complexity index is 432.